The van der Waals surface area contributed by atoms with Crippen molar-refractivity contribution in [1.29, 1.82) is 0 Å². The zero-order valence-electron chi connectivity index (χ0n) is 15.9. The van der Waals surface area contributed by atoms with E-state index in [1.165, 1.54) is 10.7 Å². The van der Waals surface area contributed by atoms with E-state index in [0.717, 1.165) is 22.2 Å². The van der Waals surface area contributed by atoms with E-state index in [0.29, 0.717) is 17.7 Å². The van der Waals surface area contributed by atoms with Gasteiger partial charge in [0.05, 0.1) is 17.8 Å². The minimum atomic E-state index is -4.41. The van der Waals surface area contributed by atoms with Crippen molar-refractivity contribution in [2.75, 3.05) is 5.32 Å². The summed E-state index contributed by atoms with van der Waals surface area (Å²) in [5, 5.41) is 10.9. The fourth-order valence-electron chi connectivity index (χ4n) is 3.11. The Bertz CT molecular complexity index is 1140. The first-order chi connectivity index (χ1) is 14.8. The molecule has 1 atom stereocenters. The molecule has 0 spiro atoms. The summed E-state index contributed by atoms with van der Waals surface area (Å²) in [6.07, 6.45) is -3.30. The monoisotopic (exact) mass is 492 g/mol. The predicted octanol–water partition coefficient (Wildman–Crippen LogP) is 4.84. The van der Waals surface area contributed by atoms with Crippen molar-refractivity contribution in [3.63, 3.8) is 0 Å². The number of hydrogen-bond acceptors (Lipinski definition) is 4. The van der Waals surface area contributed by atoms with Crippen LogP contribution >= 0.6 is 15.9 Å². The molecule has 1 unspecified atom stereocenters. The lowest BCUT2D eigenvalue weighted by Crippen LogP contribution is -2.28. The van der Waals surface area contributed by atoms with Gasteiger partial charge in [0.1, 0.15) is 0 Å². The van der Waals surface area contributed by atoms with Gasteiger partial charge in [0.15, 0.2) is 5.82 Å². The van der Waals surface area contributed by atoms with Gasteiger partial charge in [-0.3, -0.25) is 9.48 Å². The summed E-state index contributed by atoms with van der Waals surface area (Å²) >= 11 is 3.40. The number of hydrogen-bond donors (Lipinski definition) is 1. The molecule has 0 bridgehead atoms. The second kappa shape index (κ2) is 8.54. The largest absolute Gasteiger partial charge is 0.416 e. The predicted molar refractivity (Wildman–Crippen MR) is 112 cm³/mol. The van der Waals surface area contributed by atoms with Gasteiger partial charge in [0.25, 0.3) is 5.91 Å². The second-order valence-corrected chi connectivity index (χ2v) is 7.85. The third-order valence-corrected chi connectivity index (χ3v) is 5.10. The molecule has 1 aliphatic heterocycles. The molecule has 1 aromatic heterocycles. The number of amides is 1. The molecule has 0 radical (unpaired) electrons. The standard InChI is InChI=1S/C21H16BrF3N4O2/c22-16-6-2-4-14(10-16)17-11-18(31-28-17)20(30)26-19-7-8-29(27-19)12-13-3-1-5-15(9-13)21(23,24)25/h1-10,18H,11-12H2,(H,26,27,30). The van der Waals surface area contributed by atoms with Crippen LogP contribution in [0.25, 0.3) is 0 Å². The van der Waals surface area contributed by atoms with Crippen LogP contribution in [-0.2, 0) is 22.4 Å². The van der Waals surface area contributed by atoms with Crippen LogP contribution in [0.15, 0.2) is 70.4 Å². The lowest BCUT2D eigenvalue weighted by Gasteiger charge is -2.09. The number of rotatable bonds is 5. The molecular weight excluding hydrogens is 477 g/mol. The number of alkyl halides is 3. The zero-order valence-corrected chi connectivity index (χ0v) is 17.5. The highest BCUT2D eigenvalue weighted by Crippen LogP contribution is 2.29. The number of nitrogens with one attached hydrogen (secondary N) is 1. The summed E-state index contributed by atoms with van der Waals surface area (Å²) in [5.74, 6) is -0.130. The molecule has 0 fully saturated rings. The Kier molecular flexibility index (Phi) is 5.81. The van der Waals surface area contributed by atoms with Gasteiger partial charge >= 0.3 is 6.18 Å². The molecule has 6 nitrogen and oxygen atoms in total. The van der Waals surface area contributed by atoms with Gasteiger partial charge in [-0.25, -0.2) is 0 Å². The molecule has 4 rings (SSSR count). The molecule has 2 heterocycles. The van der Waals surface area contributed by atoms with Crippen LogP contribution in [0, 0.1) is 0 Å². The summed E-state index contributed by atoms with van der Waals surface area (Å²) in [5.41, 5.74) is 1.25. The maximum atomic E-state index is 12.9. The number of benzene rings is 2. The highest BCUT2D eigenvalue weighted by molar-refractivity contribution is 9.10. The number of halogens is 4. The average Bonchev–Trinajstić information content (AvgIpc) is 3.37. The van der Waals surface area contributed by atoms with Crippen molar-refractivity contribution >= 4 is 33.4 Å². The highest BCUT2D eigenvalue weighted by Gasteiger charge is 2.31. The summed E-state index contributed by atoms with van der Waals surface area (Å²) in [6, 6.07) is 14.1. The minimum absolute atomic E-state index is 0.135. The first-order valence-electron chi connectivity index (χ1n) is 9.27. The summed E-state index contributed by atoms with van der Waals surface area (Å²) in [6.45, 7) is 0.135. The van der Waals surface area contributed by atoms with E-state index in [1.807, 2.05) is 24.3 Å². The number of carbonyl (C=O) groups excluding carboxylic acids is 1. The Hall–Kier alpha value is -3.14. The van der Waals surface area contributed by atoms with E-state index in [2.05, 4.69) is 31.5 Å². The minimum Gasteiger partial charge on any atom is -0.382 e. The van der Waals surface area contributed by atoms with E-state index in [4.69, 9.17) is 4.84 Å². The lowest BCUT2D eigenvalue weighted by atomic mass is 10.0. The van der Waals surface area contributed by atoms with Gasteiger partial charge in [-0.2, -0.15) is 18.3 Å². The number of aromatic nitrogens is 2. The molecule has 2 aromatic carbocycles. The molecule has 10 heteroatoms. The molecule has 160 valence electrons. The molecule has 0 saturated heterocycles. The van der Waals surface area contributed by atoms with Crippen LogP contribution in [-0.4, -0.2) is 27.5 Å². The van der Waals surface area contributed by atoms with Gasteiger partial charge in [-0.05, 0) is 29.8 Å². The first-order valence-corrected chi connectivity index (χ1v) is 10.1. The van der Waals surface area contributed by atoms with Gasteiger partial charge in [-0.1, -0.05) is 45.4 Å². The number of carbonyl (C=O) groups is 1. The normalized spacial score (nSPS) is 16.0. The smallest absolute Gasteiger partial charge is 0.382 e. The van der Waals surface area contributed by atoms with Crippen molar-refractivity contribution in [3.05, 3.63) is 82.0 Å². The fourth-order valence-corrected chi connectivity index (χ4v) is 3.51. The third kappa shape index (κ3) is 5.13. The van der Waals surface area contributed by atoms with Crippen LogP contribution in [0.5, 0.6) is 0 Å². The van der Waals surface area contributed by atoms with Crippen LogP contribution in [0.2, 0.25) is 0 Å². The van der Waals surface area contributed by atoms with Crippen molar-refractivity contribution in [1.82, 2.24) is 9.78 Å². The van der Waals surface area contributed by atoms with Crippen LogP contribution in [0.4, 0.5) is 19.0 Å². The highest BCUT2D eigenvalue weighted by atomic mass is 79.9. The van der Waals surface area contributed by atoms with Crippen molar-refractivity contribution in [2.24, 2.45) is 5.16 Å². The van der Waals surface area contributed by atoms with Crippen LogP contribution in [0.3, 0.4) is 0 Å². The van der Waals surface area contributed by atoms with Crippen LogP contribution < -0.4 is 5.32 Å². The third-order valence-electron chi connectivity index (χ3n) is 4.61. The van der Waals surface area contributed by atoms with Gasteiger partial charge in [-0.15, -0.1) is 0 Å². The quantitative estimate of drug-likeness (QED) is 0.553. The summed E-state index contributed by atoms with van der Waals surface area (Å²) < 4.78 is 40.9. The Morgan fingerprint density at radius 3 is 2.77 bits per heavy atom. The summed E-state index contributed by atoms with van der Waals surface area (Å²) in [4.78, 5) is 17.7. The second-order valence-electron chi connectivity index (χ2n) is 6.93. The molecule has 1 aliphatic rings. The Labute approximate surface area is 183 Å². The van der Waals surface area contributed by atoms with Crippen molar-refractivity contribution < 1.29 is 22.8 Å². The molecule has 0 aliphatic carbocycles. The maximum absolute atomic E-state index is 12.9. The topological polar surface area (TPSA) is 68.5 Å². The van der Waals surface area contributed by atoms with Gasteiger partial charge in [0, 0.05) is 28.7 Å². The van der Waals surface area contributed by atoms with E-state index < -0.39 is 23.8 Å². The van der Waals surface area contributed by atoms with Crippen LogP contribution in [0.1, 0.15) is 23.1 Å². The molecule has 0 saturated carbocycles. The number of oxime groups is 1. The zero-order chi connectivity index (χ0) is 22.0. The average molecular weight is 493 g/mol. The summed E-state index contributed by atoms with van der Waals surface area (Å²) in [7, 11) is 0. The van der Waals surface area contributed by atoms with E-state index >= 15 is 0 Å². The van der Waals surface area contributed by atoms with Gasteiger partial charge in [0.2, 0.25) is 6.10 Å². The Morgan fingerprint density at radius 1 is 1.19 bits per heavy atom. The Balaban J connectivity index is 1.36. The molecule has 3 aromatic rings. The fraction of sp³-hybridized carbons (Fsp3) is 0.190. The Morgan fingerprint density at radius 2 is 2.00 bits per heavy atom. The molecule has 1 amide bonds. The number of nitrogens with zero attached hydrogens (tertiary/aromatic N) is 3. The van der Waals surface area contributed by atoms with Crippen molar-refractivity contribution in [2.45, 2.75) is 25.2 Å². The maximum Gasteiger partial charge on any atom is 0.416 e. The number of anilines is 1. The molecular formula is C21H16BrF3N4O2. The molecule has 1 N–H and O–H groups in total. The first kappa shape index (κ1) is 21.1. The lowest BCUT2D eigenvalue weighted by molar-refractivity contribution is -0.137. The van der Waals surface area contributed by atoms with Gasteiger partial charge < -0.3 is 10.2 Å². The SMILES string of the molecule is O=C(Nc1ccn(Cc2cccc(C(F)(F)F)c2)n1)C1CC(c2cccc(Br)c2)=NO1. The van der Waals surface area contributed by atoms with E-state index in [-0.39, 0.29) is 12.4 Å². The van der Waals surface area contributed by atoms with Crippen molar-refractivity contribution in [3.8, 4) is 0 Å². The molecule has 31 heavy (non-hydrogen) atoms. The van der Waals surface area contributed by atoms with E-state index in [1.54, 1.807) is 18.3 Å². The van der Waals surface area contributed by atoms with E-state index in [9.17, 15) is 18.0 Å².